The largest absolute Gasteiger partial charge is 0.367 e. The number of aromatic nitrogens is 2. The van der Waals surface area contributed by atoms with E-state index < -0.39 is 0 Å². The summed E-state index contributed by atoms with van der Waals surface area (Å²) in [4.78, 5) is 7.04. The topological polar surface area (TPSA) is 63.4 Å². The van der Waals surface area contributed by atoms with Crippen LogP contribution in [0.3, 0.4) is 0 Å². The van der Waals surface area contributed by atoms with Crippen LogP contribution in [0.25, 0.3) is 0 Å². The Kier molecular flexibility index (Phi) is 4.87. The van der Waals surface area contributed by atoms with Crippen molar-refractivity contribution in [2.24, 2.45) is 0 Å². The molecular formula is C15H26N4O2. The van der Waals surface area contributed by atoms with Gasteiger partial charge in [-0.2, -0.15) is 4.98 Å². The van der Waals surface area contributed by atoms with E-state index in [0.717, 1.165) is 63.8 Å². The van der Waals surface area contributed by atoms with Crippen molar-refractivity contribution in [3.8, 4) is 0 Å². The van der Waals surface area contributed by atoms with Crippen LogP contribution in [-0.4, -0.2) is 53.9 Å². The van der Waals surface area contributed by atoms with Gasteiger partial charge in [-0.15, -0.1) is 0 Å². The Morgan fingerprint density at radius 3 is 3.14 bits per heavy atom. The van der Waals surface area contributed by atoms with Gasteiger partial charge in [-0.05, 0) is 39.3 Å². The zero-order chi connectivity index (χ0) is 14.7. The van der Waals surface area contributed by atoms with Crippen molar-refractivity contribution >= 4 is 0 Å². The molecule has 6 nitrogen and oxygen atoms in total. The smallest absolute Gasteiger partial charge is 0.229 e. The molecule has 2 aliphatic heterocycles. The van der Waals surface area contributed by atoms with E-state index in [2.05, 4.69) is 34.2 Å². The van der Waals surface area contributed by atoms with Crippen LogP contribution in [0, 0.1) is 0 Å². The second-order valence-corrected chi connectivity index (χ2v) is 6.23. The van der Waals surface area contributed by atoms with E-state index >= 15 is 0 Å². The number of piperidine rings is 1. The van der Waals surface area contributed by atoms with Crippen LogP contribution in [0.4, 0.5) is 0 Å². The molecule has 0 spiro atoms. The molecular weight excluding hydrogens is 268 g/mol. The number of rotatable bonds is 4. The maximum Gasteiger partial charge on any atom is 0.229 e. The number of hydrogen-bond donors (Lipinski definition) is 1. The maximum absolute atomic E-state index is 5.82. The van der Waals surface area contributed by atoms with Crippen molar-refractivity contribution < 1.29 is 9.26 Å². The Morgan fingerprint density at radius 1 is 1.43 bits per heavy atom. The number of ether oxygens (including phenoxy) is 1. The molecule has 0 amide bonds. The van der Waals surface area contributed by atoms with Crippen molar-refractivity contribution in [2.75, 3.05) is 32.8 Å². The van der Waals surface area contributed by atoms with E-state index in [1.54, 1.807) is 0 Å². The van der Waals surface area contributed by atoms with Crippen LogP contribution in [0.2, 0.25) is 0 Å². The Hall–Kier alpha value is -0.980. The van der Waals surface area contributed by atoms with Gasteiger partial charge in [-0.3, -0.25) is 4.90 Å². The van der Waals surface area contributed by atoms with E-state index in [1.807, 2.05) is 0 Å². The molecule has 3 heterocycles. The molecule has 1 N–H and O–H groups in total. The molecule has 3 unspecified atom stereocenters. The quantitative estimate of drug-likeness (QED) is 0.912. The number of morpholine rings is 1. The number of nitrogens with zero attached hydrogens (tertiary/aromatic N) is 3. The molecule has 3 atom stereocenters. The van der Waals surface area contributed by atoms with Gasteiger partial charge in [0.2, 0.25) is 11.7 Å². The van der Waals surface area contributed by atoms with E-state index in [-0.39, 0.29) is 6.10 Å². The average Bonchev–Trinajstić information content (AvgIpc) is 2.98. The molecule has 1 aromatic rings. The van der Waals surface area contributed by atoms with Crippen LogP contribution < -0.4 is 5.32 Å². The maximum atomic E-state index is 5.82. The molecule has 0 aromatic carbocycles. The molecule has 2 fully saturated rings. The predicted octanol–water partition coefficient (Wildman–Crippen LogP) is 1.71. The van der Waals surface area contributed by atoms with E-state index in [4.69, 9.17) is 9.26 Å². The van der Waals surface area contributed by atoms with E-state index in [1.165, 1.54) is 0 Å². The Balaban J connectivity index is 1.64. The average molecular weight is 294 g/mol. The fourth-order valence-corrected chi connectivity index (χ4v) is 3.28. The highest BCUT2D eigenvalue weighted by Crippen LogP contribution is 2.28. The van der Waals surface area contributed by atoms with E-state index in [9.17, 15) is 0 Å². The Bertz CT molecular complexity index is 449. The molecule has 2 saturated heterocycles. The van der Waals surface area contributed by atoms with Gasteiger partial charge < -0.3 is 14.6 Å². The minimum absolute atomic E-state index is 0.0399. The SMILES string of the molecule is CCCN1CCOC(c2noc(C3CCNC(C)C3)n2)C1. The first-order valence-corrected chi connectivity index (χ1v) is 8.17. The second-order valence-electron chi connectivity index (χ2n) is 6.23. The summed E-state index contributed by atoms with van der Waals surface area (Å²) in [5, 5.41) is 7.63. The zero-order valence-corrected chi connectivity index (χ0v) is 13.0. The standard InChI is InChI=1S/C15H26N4O2/c1-3-6-19-7-8-20-13(10-19)14-17-15(21-18-14)12-4-5-16-11(2)9-12/h11-13,16H,3-10H2,1-2H3. The zero-order valence-electron chi connectivity index (χ0n) is 13.0. The van der Waals surface area contributed by atoms with Crippen molar-refractivity contribution in [3.05, 3.63) is 11.7 Å². The fourth-order valence-electron chi connectivity index (χ4n) is 3.28. The lowest BCUT2D eigenvalue weighted by molar-refractivity contribution is -0.0350. The number of nitrogens with one attached hydrogen (secondary N) is 1. The summed E-state index contributed by atoms with van der Waals surface area (Å²) in [6.45, 7) is 9.16. The molecule has 1 aromatic heterocycles. The van der Waals surface area contributed by atoms with Gasteiger partial charge in [0.1, 0.15) is 6.10 Å². The van der Waals surface area contributed by atoms with Crippen molar-refractivity contribution in [2.45, 2.75) is 51.2 Å². The van der Waals surface area contributed by atoms with Crippen LogP contribution >= 0.6 is 0 Å². The molecule has 0 aliphatic carbocycles. The Labute approximate surface area is 126 Å². The van der Waals surface area contributed by atoms with E-state index in [0.29, 0.717) is 12.0 Å². The third-order valence-corrected chi connectivity index (χ3v) is 4.41. The first-order chi connectivity index (χ1) is 10.3. The van der Waals surface area contributed by atoms with Gasteiger partial charge in [-0.25, -0.2) is 0 Å². The summed E-state index contributed by atoms with van der Waals surface area (Å²) in [7, 11) is 0. The molecule has 0 bridgehead atoms. The van der Waals surface area contributed by atoms with Crippen LogP contribution in [0.1, 0.15) is 56.8 Å². The minimum atomic E-state index is -0.0399. The Morgan fingerprint density at radius 2 is 2.33 bits per heavy atom. The van der Waals surface area contributed by atoms with Crippen molar-refractivity contribution in [1.82, 2.24) is 20.4 Å². The summed E-state index contributed by atoms with van der Waals surface area (Å²) in [6.07, 6.45) is 3.26. The van der Waals surface area contributed by atoms with Crippen molar-refractivity contribution in [1.29, 1.82) is 0 Å². The van der Waals surface area contributed by atoms with Gasteiger partial charge in [-0.1, -0.05) is 12.1 Å². The molecule has 0 saturated carbocycles. The highest BCUT2D eigenvalue weighted by Gasteiger charge is 2.29. The fraction of sp³-hybridized carbons (Fsp3) is 0.867. The predicted molar refractivity (Wildman–Crippen MR) is 79.2 cm³/mol. The van der Waals surface area contributed by atoms with Crippen LogP contribution in [0.15, 0.2) is 4.52 Å². The highest BCUT2D eigenvalue weighted by atomic mass is 16.5. The lowest BCUT2D eigenvalue weighted by atomic mass is 9.93. The number of hydrogen-bond acceptors (Lipinski definition) is 6. The summed E-state index contributed by atoms with van der Waals surface area (Å²) in [5.74, 6) is 1.89. The molecule has 21 heavy (non-hydrogen) atoms. The summed E-state index contributed by atoms with van der Waals surface area (Å²) in [6, 6.07) is 0.519. The first-order valence-electron chi connectivity index (χ1n) is 8.17. The molecule has 118 valence electrons. The summed E-state index contributed by atoms with van der Waals surface area (Å²) < 4.78 is 11.3. The third-order valence-electron chi connectivity index (χ3n) is 4.41. The minimum Gasteiger partial charge on any atom is -0.367 e. The van der Waals surface area contributed by atoms with Gasteiger partial charge in [0, 0.05) is 25.0 Å². The molecule has 3 rings (SSSR count). The molecule has 6 heteroatoms. The lowest BCUT2D eigenvalue weighted by Crippen LogP contribution is -2.39. The molecule has 2 aliphatic rings. The van der Waals surface area contributed by atoms with Gasteiger partial charge in [0.15, 0.2) is 0 Å². The summed E-state index contributed by atoms with van der Waals surface area (Å²) in [5.41, 5.74) is 0. The lowest BCUT2D eigenvalue weighted by Gasteiger charge is -2.31. The van der Waals surface area contributed by atoms with Gasteiger partial charge >= 0.3 is 0 Å². The highest BCUT2D eigenvalue weighted by molar-refractivity contribution is 5.00. The normalized spacial score (nSPS) is 31.4. The van der Waals surface area contributed by atoms with Crippen LogP contribution in [0.5, 0.6) is 0 Å². The van der Waals surface area contributed by atoms with Crippen molar-refractivity contribution in [3.63, 3.8) is 0 Å². The van der Waals surface area contributed by atoms with Gasteiger partial charge in [0.05, 0.1) is 6.61 Å². The first kappa shape index (κ1) is 14.9. The van der Waals surface area contributed by atoms with Gasteiger partial charge in [0.25, 0.3) is 0 Å². The summed E-state index contributed by atoms with van der Waals surface area (Å²) >= 11 is 0. The monoisotopic (exact) mass is 294 g/mol. The third kappa shape index (κ3) is 3.62. The second kappa shape index (κ2) is 6.85. The van der Waals surface area contributed by atoms with Crippen LogP contribution in [-0.2, 0) is 4.74 Å². The molecule has 0 radical (unpaired) electrons.